The third kappa shape index (κ3) is 4.18. The molecule has 0 spiro atoms. The molecule has 1 saturated heterocycles. The van der Waals surface area contributed by atoms with E-state index in [-0.39, 0.29) is 0 Å². The monoisotopic (exact) mass is 353 g/mol. The molecule has 0 bridgehead atoms. The Hall–Kier alpha value is -1.95. The molecule has 1 aliphatic rings. The summed E-state index contributed by atoms with van der Waals surface area (Å²) in [5.74, 6) is 0. The smallest absolute Gasteiger partial charge is 0.0703 e. The molecule has 5 heteroatoms. The van der Waals surface area contributed by atoms with E-state index in [2.05, 4.69) is 55.7 Å². The van der Waals surface area contributed by atoms with Crippen molar-refractivity contribution in [1.82, 2.24) is 14.5 Å². The first-order chi connectivity index (χ1) is 12.4. The lowest BCUT2D eigenvalue weighted by molar-refractivity contribution is 0.0673. The fourth-order valence-corrected chi connectivity index (χ4v) is 4.08. The molecule has 4 rings (SSSR count). The summed E-state index contributed by atoms with van der Waals surface area (Å²) >= 11 is 1.76. The minimum Gasteiger partial charge on any atom is -0.377 e. The van der Waals surface area contributed by atoms with Gasteiger partial charge in [0.15, 0.2) is 0 Å². The van der Waals surface area contributed by atoms with E-state index in [1.54, 1.807) is 11.3 Å². The van der Waals surface area contributed by atoms with E-state index in [0.29, 0.717) is 6.10 Å². The number of rotatable bonds is 7. The largest absolute Gasteiger partial charge is 0.377 e. The van der Waals surface area contributed by atoms with Crippen LogP contribution < -0.4 is 0 Å². The average Bonchev–Trinajstić information content (AvgIpc) is 3.38. The predicted octanol–water partition coefficient (Wildman–Crippen LogP) is 4.12. The Balaban J connectivity index is 1.53. The summed E-state index contributed by atoms with van der Waals surface area (Å²) in [6.07, 6.45) is 8.55. The Morgan fingerprint density at radius 1 is 1.24 bits per heavy atom. The first-order valence-corrected chi connectivity index (χ1v) is 9.74. The zero-order chi connectivity index (χ0) is 16.9. The van der Waals surface area contributed by atoms with Crippen molar-refractivity contribution >= 4 is 11.3 Å². The van der Waals surface area contributed by atoms with Gasteiger partial charge >= 0.3 is 0 Å². The molecular formula is C20H23N3OS. The number of hydrogen-bond acceptors (Lipinski definition) is 4. The minimum atomic E-state index is 0.362. The Bertz CT molecular complexity index is 763. The highest BCUT2D eigenvalue weighted by atomic mass is 32.1. The number of thiophene rings is 1. The minimum absolute atomic E-state index is 0.362. The Kier molecular flexibility index (Phi) is 5.25. The van der Waals surface area contributed by atoms with Crippen molar-refractivity contribution in [3.63, 3.8) is 0 Å². The Morgan fingerprint density at radius 2 is 2.24 bits per heavy atom. The van der Waals surface area contributed by atoms with Gasteiger partial charge in [0.05, 0.1) is 18.0 Å². The molecule has 4 heterocycles. The molecule has 0 radical (unpaired) electrons. The average molecular weight is 353 g/mol. The topological polar surface area (TPSA) is 30.3 Å². The van der Waals surface area contributed by atoms with E-state index in [4.69, 9.17) is 4.74 Å². The molecule has 0 aromatic carbocycles. The van der Waals surface area contributed by atoms with Crippen LogP contribution in [0.5, 0.6) is 0 Å². The van der Waals surface area contributed by atoms with Gasteiger partial charge < -0.3 is 9.30 Å². The highest BCUT2D eigenvalue weighted by Gasteiger charge is 2.20. The van der Waals surface area contributed by atoms with Crippen LogP contribution in [0, 0.1) is 0 Å². The maximum atomic E-state index is 5.88. The zero-order valence-electron chi connectivity index (χ0n) is 14.3. The van der Waals surface area contributed by atoms with E-state index in [0.717, 1.165) is 31.9 Å². The highest BCUT2D eigenvalue weighted by Crippen LogP contribution is 2.20. The van der Waals surface area contributed by atoms with Crippen LogP contribution in [0.4, 0.5) is 0 Å². The highest BCUT2D eigenvalue weighted by molar-refractivity contribution is 7.07. The summed E-state index contributed by atoms with van der Waals surface area (Å²) in [5, 5.41) is 4.39. The zero-order valence-corrected chi connectivity index (χ0v) is 15.1. The van der Waals surface area contributed by atoms with Crippen LogP contribution >= 0.6 is 11.3 Å². The molecule has 1 atom stereocenters. The van der Waals surface area contributed by atoms with E-state index >= 15 is 0 Å². The summed E-state index contributed by atoms with van der Waals surface area (Å²) in [6.45, 7) is 3.75. The van der Waals surface area contributed by atoms with Gasteiger partial charge in [-0.15, -0.1) is 0 Å². The second-order valence-electron chi connectivity index (χ2n) is 6.52. The first-order valence-electron chi connectivity index (χ1n) is 8.80. The maximum Gasteiger partial charge on any atom is 0.0703 e. The van der Waals surface area contributed by atoms with Gasteiger partial charge in [0.25, 0.3) is 0 Å². The van der Waals surface area contributed by atoms with E-state index in [9.17, 15) is 0 Å². The summed E-state index contributed by atoms with van der Waals surface area (Å²) in [5.41, 5.74) is 3.76. The van der Waals surface area contributed by atoms with Crippen molar-refractivity contribution in [2.75, 3.05) is 13.2 Å². The lowest BCUT2D eigenvalue weighted by atomic mass is 10.2. The summed E-state index contributed by atoms with van der Waals surface area (Å²) < 4.78 is 8.11. The van der Waals surface area contributed by atoms with Gasteiger partial charge in [-0.2, -0.15) is 11.3 Å². The molecule has 1 aliphatic heterocycles. The van der Waals surface area contributed by atoms with Gasteiger partial charge in [-0.05, 0) is 59.5 Å². The molecule has 25 heavy (non-hydrogen) atoms. The van der Waals surface area contributed by atoms with Gasteiger partial charge in [0, 0.05) is 44.3 Å². The van der Waals surface area contributed by atoms with Gasteiger partial charge in [0.2, 0.25) is 0 Å². The SMILES string of the molecule is c1cncc(-n2cccc2CN(Cc2ccsc2)C[C@@H]2CCCO2)c1. The maximum absolute atomic E-state index is 5.88. The quantitative estimate of drug-likeness (QED) is 0.640. The number of hydrogen-bond donors (Lipinski definition) is 0. The molecular weight excluding hydrogens is 330 g/mol. The van der Waals surface area contributed by atoms with Crippen LogP contribution in [0.2, 0.25) is 0 Å². The van der Waals surface area contributed by atoms with E-state index in [1.165, 1.54) is 24.1 Å². The molecule has 0 saturated carbocycles. The molecule has 1 fully saturated rings. The second kappa shape index (κ2) is 7.95. The standard InChI is InChI=1S/C20H23N3OS/c1-4-18(12-21-8-1)23-9-2-5-19(23)14-22(13-17-7-11-25-16-17)15-20-6-3-10-24-20/h1-2,4-5,7-9,11-12,16,20H,3,6,10,13-15H2/t20-/m0/s1. The Morgan fingerprint density at radius 3 is 3.00 bits per heavy atom. The molecule has 130 valence electrons. The lowest BCUT2D eigenvalue weighted by Gasteiger charge is -2.25. The molecule has 3 aromatic rings. The van der Waals surface area contributed by atoms with Crippen molar-refractivity contribution in [2.45, 2.75) is 32.0 Å². The first kappa shape index (κ1) is 16.5. The molecule has 0 N–H and O–H groups in total. The van der Waals surface area contributed by atoms with Crippen molar-refractivity contribution in [1.29, 1.82) is 0 Å². The normalized spacial score (nSPS) is 17.4. The summed E-state index contributed by atoms with van der Waals surface area (Å²) in [6, 6.07) is 10.6. The number of nitrogens with zero attached hydrogens (tertiary/aromatic N) is 3. The van der Waals surface area contributed by atoms with Crippen LogP contribution in [0.25, 0.3) is 5.69 Å². The number of pyridine rings is 1. The fraction of sp³-hybridized carbons (Fsp3) is 0.350. The van der Waals surface area contributed by atoms with E-state index in [1.807, 2.05) is 18.5 Å². The van der Waals surface area contributed by atoms with Gasteiger partial charge in [0.1, 0.15) is 0 Å². The third-order valence-corrected chi connectivity index (χ3v) is 5.35. The number of aromatic nitrogens is 2. The predicted molar refractivity (Wildman–Crippen MR) is 101 cm³/mol. The van der Waals surface area contributed by atoms with Crippen LogP contribution in [0.3, 0.4) is 0 Å². The van der Waals surface area contributed by atoms with E-state index < -0.39 is 0 Å². The van der Waals surface area contributed by atoms with Gasteiger partial charge in [-0.3, -0.25) is 9.88 Å². The van der Waals surface area contributed by atoms with Gasteiger partial charge in [-0.25, -0.2) is 0 Å². The molecule has 0 unspecified atom stereocenters. The van der Waals surface area contributed by atoms with Crippen LogP contribution in [-0.2, 0) is 17.8 Å². The fourth-order valence-electron chi connectivity index (χ4n) is 3.42. The van der Waals surface area contributed by atoms with Crippen molar-refractivity contribution in [3.05, 3.63) is 70.9 Å². The van der Waals surface area contributed by atoms with Crippen molar-refractivity contribution < 1.29 is 4.74 Å². The van der Waals surface area contributed by atoms with Gasteiger partial charge in [-0.1, -0.05) is 0 Å². The second-order valence-corrected chi connectivity index (χ2v) is 7.30. The molecule has 4 nitrogen and oxygen atoms in total. The lowest BCUT2D eigenvalue weighted by Crippen LogP contribution is -2.32. The molecule has 0 amide bonds. The van der Waals surface area contributed by atoms with Crippen molar-refractivity contribution in [3.8, 4) is 5.69 Å². The van der Waals surface area contributed by atoms with Crippen molar-refractivity contribution in [2.24, 2.45) is 0 Å². The van der Waals surface area contributed by atoms with Crippen LogP contribution in [0.1, 0.15) is 24.1 Å². The van der Waals surface area contributed by atoms with Crippen LogP contribution in [-0.4, -0.2) is 33.7 Å². The molecule has 3 aromatic heterocycles. The summed E-state index contributed by atoms with van der Waals surface area (Å²) in [4.78, 5) is 6.75. The third-order valence-electron chi connectivity index (χ3n) is 4.61. The Labute approximate surface area is 152 Å². The van der Waals surface area contributed by atoms with Crippen LogP contribution in [0.15, 0.2) is 59.7 Å². The molecule has 0 aliphatic carbocycles. The number of ether oxygens (including phenoxy) is 1. The summed E-state index contributed by atoms with van der Waals surface area (Å²) in [7, 11) is 0.